The average Bonchev–Trinajstić information content (AvgIpc) is 2.97. The quantitative estimate of drug-likeness (QED) is 0.229. The zero-order chi connectivity index (χ0) is 16.7. The number of hydrogen-bond acceptors (Lipinski definition) is 1. The Morgan fingerprint density at radius 3 is 2.64 bits per heavy atom. The third-order valence-corrected chi connectivity index (χ3v) is 5.50. The maximum Gasteiger partial charge on any atom is 0.238 e. The van der Waals surface area contributed by atoms with E-state index in [2.05, 4.69) is 77.7 Å². The summed E-state index contributed by atoms with van der Waals surface area (Å²) in [5.74, 6) is 0. The van der Waals surface area contributed by atoms with E-state index in [1.54, 1.807) is 0 Å². The molecule has 0 aliphatic rings. The number of para-hydroxylation sites is 1. The Morgan fingerprint density at radius 2 is 1.72 bits per heavy atom. The molecule has 0 aliphatic heterocycles. The minimum absolute atomic E-state index is 1.05. The van der Waals surface area contributed by atoms with Crippen molar-refractivity contribution in [1.82, 2.24) is 9.38 Å². The Bertz CT molecular complexity index is 1460. The van der Waals surface area contributed by atoms with Crippen molar-refractivity contribution in [2.45, 2.75) is 6.92 Å². The first kappa shape index (κ1) is 13.1. The van der Waals surface area contributed by atoms with Gasteiger partial charge in [0, 0.05) is 28.4 Å². The Labute approximate surface area is 144 Å². The van der Waals surface area contributed by atoms with Crippen molar-refractivity contribution in [3.05, 3.63) is 66.5 Å². The molecule has 0 aliphatic carbocycles. The predicted molar refractivity (Wildman–Crippen MR) is 102 cm³/mol. The number of nitrogens with zero attached hydrogens (tertiary/aromatic N) is 3. The summed E-state index contributed by atoms with van der Waals surface area (Å²) < 4.78 is 4.66. The van der Waals surface area contributed by atoms with Gasteiger partial charge in [-0.15, -0.1) is 0 Å². The minimum Gasteiger partial charge on any atom is -0.303 e. The molecule has 4 heterocycles. The molecule has 118 valence electrons. The molecule has 0 unspecified atom stereocenters. The van der Waals surface area contributed by atoms with E-state index in [0.717, 1.165) is 5.52 Å². The molecule has 0 atom stereocenters. The first-order chi connectivity index (χ1) is 12.3. The molecule has 4 aromatic heterocycles. The molecule has 3 nitrogen and oxygen atoms in total. The lowest BCUT2D eigenvalue weighted by atomic mass is 10.0. The van der Waals surface area contributed by atoms with Crippen LogP contribution in [0.4, 0.5) is 0 Å². The molecule has 6 rings (SSSR count). The van der Waals surface area contributed by atoms with Crippen LogP contribution in [0.15, 0.2) is 60.9 Å². The lowest BCUT2D eigenvalue weighted by Crippen LogP contribution is -2.29. The summed E-state index contributed by atoms with van der Waals surface area (Å²) in [4.78, 5) is 4.69. The van der Waals surface area contributed by atoms with Crippen LogP contribution >= 0.6 is 0 Å². The van der Waals surface area contributed by atoms with Gasteiger partial charge >= 0.3 is 0 Å². The van der Waals surface area contributed by atoms with Crippen LogP contribution in [0, 0.1) is 6.92 Å². The molecule has 3 heteroatoms. The highest BCUT2D eigenvalue weighted by molar-refractivity contribution is 6.24. The summed E-state index contributed by atoms with van der Waals surface area (Å²) in [6, 6.07) is 17.3. The molecule has 0 saturated carbocycles. The fraction of sp³-hybridized carbons (Fsp3) is 0.0909. The summed E-state index contributed by atoms with van der Waals surface area (Å²) >= 11 is 0. The van der Waals surface area contributed by atoms with Gasteiger partial charge in [0.15, 0.2) is 6.20 Å². The SMILES string of the molecule is Cc1cnc2cccc3c2c1c1c2c(cc[n+]1C)c1ccccc1n32. The second kappa shape index (κ2) is 4.25. The largest absolute Gasteiger partial charge is 0.303 e. The highest BCUT2D eigenvalue weighted by Gasteiger charge is 2.23. The molecular weight excluding hydrogens is 306 g/mol. The molecule has 2 aromatic carbocycles. The van der Waals surface area contributed by atoms with Crippen LogP contribution in [0.25, 0.3) is 49.1 Å². The fourth-order valence-electron chi connectivity index (χ4n) is 4.45. The van der Waals surface area contributed by atoms with E-state index in [1.807, 2.05) is 6.20 Å². The zero-order valence-corrected chi connectivity index (χ0v) is 14.1. The van der Waals surface area contributed by atoms with Gasteiger partial charge in [0.1, 0.15) is 12.6 Å². The Balaban J connectivity index is 2.18. The summed E-state index contributed by atoms with van der Waals surface area (Å²) in [7, 11) is 2.14. The summed E-state index contributed by atoms with van der Waals surface area (Å²) in [6.45, 7) is 2.16. The highest BCUT2D eigenvalue weighted by atomic mass is 15.0. The van der Waals surface area contributed by atoms with Crippen LogP contribution in [-0.2, 0) is 7.05 Å². The smallest absolute Gasteiger partial charge is 0.238 e. The average molecular weight is 322 g/mol. The van der Waals surface area contributed by atoms with Crippen molar-refractivity contribution in [2.75, 3.05) is 0 Å². The monoisotopic (exact) mass is 322 g/mol. The van der Waals surface area contributed by atoms with Gasteiger partial charge < -0.3 is 4.40 Å². The van der Waals surface area contributed by atoms with Crippen LogP contribution in [0.5, 0.6) is 0 Å². The first-order valence-electron chi connectivity index (χ1n) is 8.56. The van der Waals surface area contributed by atoms with Gasteiger partial charge in [-0.25, -0.2) is 0 Å². The minimum atomic E-state index is 1.05. The highest BCUT2D eigenvalue weighted by Crippen LogP contribution is 2.39. The van der Waals surface area contributed by atoms with Gasteiger partial charge in [-0.3, -0.25) is 4.98 Å². The molecule has 0 radical (unpaired) electrons. The van der Waals surface area contributed by atoms with Crippen molar-refractivity contribution in [3.8, 4) is 0 Å². The number of pyridine rings is 3. The van der Waals surface area contributed by atoms with Crippen LogP contribution in [0.3, 0.4) is 0 Å². The van der Waals surface area contributed by atoms with Gasteiger partial charge in [-0.2, -0.15) is 4.57 Å². The number of aryl methyl sites for hydroxylation is 2. The fourth-order valence-corrected chi connectivity index (χ4v) is 4.45. The maximum atomic E-state index is 4.69. The lowest BCUT2D eigenvalue weighted by Gasteiger charge is -2.12. The van der Waals surface area contributed by atoms with Crippen LogP contribution in [0.1, 0.15) is 5.56 Å². The van der Waals surface area contributed by atoms with Crippen molar-refractivity contribution in [2.24, 2.45) is 7.05 Å². The zero-order valence-electron chi connectivity index (χ0n) is 14.1. The molecule has 0 bridgehead atoms. The predicted octanol–water partition coefficient (Wildman–Crippen LogP) is 4.52. The molecular formula is C22H16N3+. The third-order valence-electron chi connectivity index (χ3n) is 5.50. The van der Waals surface area contributed by atoms with E-state index >= 15 is 0 Å². The molecule has 0 spiro atoms. The third kappa shape index (κ3) is 1.43. The van der Waals surface area contributed by atoms with Crippen molar-refractivity contribution >= 4 is 49.1 Å². The Morgan fingerprint density at radius 1 is 0.880 bits per heavy atom. The Kier molecular flexibility index (Phi) is 2.23. The van der Waals surface area contributed by atoms with Crippen molar-refractivity contribution in [1.29, 1.82) is 0 Å². The van der Waals surface area contributed by atoms with Gasteiger partial charge in [-0.1, -0.05) is 24.3 Å². The van der Waals surface area contributed by atoms with E-state index < -0.39 is 0 Å². The standard InChI is InChI=1S/C22H16N3/c1-13-12-23-16-7-5-9-18-20(16)19(13)22-21-15(10-11-24(22)2)14-6-3-4-8-17(14)25(18)21/h3-12H,1-2H3/q+1. The summed E-state index contributed by atoms with van der Waals surface area (Å²) in [5.41, 5.74) is 7.33. The summed E-state index contributed by atoms with van der Waals surface area (Å²) in [6.07, 6.45) is 4.17. The van der Waals surface area contributed by atoms with E-state index in [4.69, 9.17) is 4.98 Å². The van der Waals surface area contributed by atoms with Crippen molar-refractivity contribution < 1.29 is 4.57 Å². The van der Waals surface area contributed by atoms with Gasteiger partial charge in [-0.05, 0) is 30.7 Å². The molecule has 6 aromatic rings. The lowest BCUT2D eigenvalue weighted by molar-refractivity contribution is -0.644. The van der Waals surface area contributed by atoms with E-state index in [9.17, 15) is 0 Å². The molecule has 0 fully saturated rings. The van der Waals surface area contributed by atoms with Crippen LogP contribution in [-0.4, -0.2) is 9.38 Å². The number of rotatable bonds is 0. The molecule has 0 amide bonds. The van der Waals surface area contributed by atoms with Crippen LogP contribution < -0.4 is 4.57 Å². The topological polar surface area (TPSA) is 21.2 Å². The maximum absolute atomic E-state index is 4.69. The second-order valence-corrected chi connectivity index (χ2v) is 6.88. The first-order valence-corrected chi connectivity index (χ1v) is 8.56. The van der Waals surface area contributed by atoms with Crippen LogP contribution in [0.2, 0.25) is 0 Å². The number of benzene rings is 2. The molecule has 0 N–H and O–H groups in total. The van der Waals surface area contributed by atoms with E-state index in [-0.39, 0.29) is 0 Å². The van der Waals surface area contributed by atoms with Gasteiger partial charge in [0.2, 0.25) is 5.52 Å². The number of hydrogen-bond donors (Lipinski definition) is 0. The normalized spacial score (nSPS) is 12.4. The molecule has 0 saturated heterocycles. The second-order valence-electron chi connectivity index (χ2n) is 6.88. The van der Waals surface area contributed by atoms with E-state index in [1.165, 1.54) is 49.2 Å². The number of fused-ring (bicyclic) bond motifs is 5. The van der Waals surface area contributed by atoms with E-state index in [0.29, 0.717) is 0 Å². The van der Waals surface area contributed by atoms with Gasteiger partial charge in [0.25, 0.3) is 0 Å². The van der Waals surface area contributed by atoms with Crippen molar-refractivity contribution in [3.63, 3.8) is 0 Å². The van der Waals surface area contributed by atoms with Gasteiger partial charge in [0.05, 0.1) is 21.9 Å². The number of aromatic nitrogens is 3. The summed E-state index contributed by atoms with van der Waals surface area (Å²) in [5, 5.41) is 5.17. The Hall–Kier alpha value is -3.20. The molecule has 25 heavy (non-hydrogen) atoms.